The molecular formula is C19H24N2O2. The molecule has 0 aromatic heterocycles. The smallest absolute Gasteiger partial charge is 0.410 e. The van der Waals surface area contributed by atoms with E-state index in [1.165, 1.54) is 5.57 Å². The van der Waals surface area contributed by atoms with Gasteiger partial charge < -0.3 is 9.64 Å². The molecule has 4 heteroatoms. The summed E-state index contributed by atoms with van der Waals surface area (Å²) in [7, 11) is 0. The van der Waals surface area contributed by atoms with Crippen molar-refractivity contribution in [3.8, 4) is 6.07 Å². The molecule has 0 saturated carbocycles. The topological polar surface area (TPSA) is 53.3 Å². The van der Waals surface area contributed by atoms with Gasteiger partial charge in [0.25, 0.3) is 0 Å². The van der Waals surface area contributed by atoms with Crippen LogP contribution in [0.1, 0.15) is 49.4 Å². The predicted octanol–water partition coefficient (Wildman–Crippen LogP) is 4.20. The van der Waals surface area contributed by atoms with E-state index in [-0.39, 0.29) is 6.09 Å². The van der Waals surface area contributed by atoms with Crippen molar-refractivity contribution in [2.45, 2.75) is 46.6 Å². The molecule has 0 aliphatic carbocycles. The SMILES string of the molecule is Cc1cc(C2=CCN(C(=O)OC(C)(C)C)CC2)cc(C)c1C#N. The maximum absolute atomic E-state index is 12.1. The van der Waals surface area contributed by atoms with Gasteiger partial charge in [-0.2, -0.15) is 5.26 Å². The molecule has 1 aromatic carbocycles. The van der Waals surface area contributed by atoms with Crippen molar-refractivity contribution < 1.29 is 9.53 Å². The second kappa shape index (κ2) is 6.45. The van der Waals surface area contributed by atoms with Crippen LogP contribution in [0.4, 0.5) is 4.79 Å². The first-order chi connectivity index (χ1) is 10.7. The van der Waals surface area contributed by atoms with Crippen LogP contribution >= 0.6 is 0 Å². The monoisotopic (exact) mass is 312 g/mol. The number of carbonyl (C=O) groups is 1. The molecule has 0 radical (unpaired) electrons. The Bertz CT molecular complexity index is 667. The Kier molecular flexibility index (Phi) is 4.79. The molecule has 122 valence electrons. The summed E-state index contributed by atoms with van der Waals surface area (Å²) < 4.78 is 5.41. The maximum Gasteiger partial charge on any atom is 0.410 e. The molecule has 0 unspecified atom stereocenters. The Morgan fingerprint density at radius 3 is 2.30 bits per heavy atom. The molecular weight excluding hydrogens is 288 g/mol. The number of ether oxygens (including phenoxy) is 1. The van der Waals surface area contributed by atoms with E-state index in [0.717, 1.165) is 28.7 Å². The van der Waals surface area contributed by atoms with Gasteiger partial charge in [0.15, 0.2) is 0 Å². The Hall–Kier alpha value is -2.28. The molecule has 1 heterocycles. The van der Waals surface area contributed by atoms with E-state index < -0.39 is 5.60 Å². The fraction of sp³-hybridized carbons (Fsp3) is 0.474. The molecule has 0 fully saturated rings. The van der Waals surface area contributed by atoms with Gasteiger partial charge in [0.1, 0.15) is 5.60 Å². The molecule has 2 rings (SSSR count). The first-order valence-electron chi connectivity index (χ1n) is 7.90. The summed E-state index contributed by atoms with van der Waals surface area (Å²) in [6.07, 6.45) is 2.61. The molecule has 1 aromatic rings. The van der Waals surface area contributed by atoms with Crippen LogP contribution < -0.4 is 0 Å². The molecule has 4 nitrogen and oxygen atoms in total. The predicted molar refractivity (Wildman–Crippen MR) is 91.0 cm³/mol. The number of aryl methyl sites for hydroxylation is 2. The molecule has 0 spiro atoms. The fourth-order valence-electron chi connectivity index (χ4n) is 2.75. The van der Waals surface area contributed by atoms with Crippen molar-refractivity contribution in [1.29, 1.82) is 5.26 Å². The minimum Gasteiger partial charge on any atom is -0.444 e. The van der Waals surface area contributed by atoms with Crippen molar-refractivity contribution in [1.82, 2.24) is 4.90 Å². The average molecular weight is 312 g/mol. The third-order valence-electron chi connectivity index (χ3n) is 3.88. The van der Waals surface area contributed by atoms with Crippen molar-refractivity contribution in [2.24, 2.45) is 0 Å². The average Bonchev–Trinajstić information content (AvgIpc) is 2.45. The van der Waals surface area contributed by atoms with E-state index in [9.17, 15) is 4.79 Å². The number of nitriles is 1. The summed E-state index contributed by atoms with van der Waals surface area (Å²) in [5.74, 6) is 0. The van der Waals surface area contributed by atoms with E-state index in [1.54, 1.807) is 4.90 Å². The largest absolute Gasteiger partial charge is 0.444 e. The Morgan fingerprint density at radius 2 is 1.87 bits per heavy atom. The van der Waals surface area contributed by atoms with Crippen LogP contribution in [0.3, 0.4) is 0 Å². The first-order valence-corrected chi connectivity index (χ1v) is 7.90. The lowest BCUT2D eigenvalue weighted by Crippen LogP contribution is -2.39. The van der Waals surface area contributed by atoms with Crippen LogP contribution in [-0.4, -0.2) is 29.7 Å². The lowest BCUT2D eigenvalue weighted by atomic mass is 9.93. The van der Waals surface area contributed by atoms with Crippen LogP contribution in [0, 0.1) is 25.2 Å². The third kappa shape index (κ3) is 4.13. The minimum atomic E-state index is -0.470. The highest BCUT2D eigenvalue weighted by molar-refractivity contribution is 5.73. The van der Waals surface area contributed by atoms with Crippen molar-refractivity contribution in [3.05, 3.63) is 40.5 Å². The zero-order chi connectivity index (χ0) is 17.2. The van der Waals surface area contributed by atoms with E-state index in [0.29, 0.717) is 13.1 Å². The highest BCUT2D eigenvalue weighted by atomic mass is 16.6. The maximum atomic E-state index is 12.1. The highest BCUT2D eigenvalue weighted by Crippen LogP contribution is 2.27. The Balaban J connectivity index is 2.14. The normalized spacial score (nSPS) is 15.0. The van der Waals surface area contributed by atoms with E-state index in [1.807, 2.05) is 34.6 Å². The second-order valence-corrected chi connectivity index (χ2v) is 7.00. The van der Waals surface area contributed by atoms with Crippen LogP contribution in [0.5, 0.6) is 0 Å². The summed E-state index contributed by atoms with van der Waals surface area (Å²) in [5, 5.41) is 9.17. The van der Waals surface area contributed by atoms with E-state index >= 15 is 0 Å². The molecule has 23 heavy (non-hydrogen) atoms. The Labute approximate surface area is 138 Å². The van der Waals surface area contributed by atoms with Crippen LogP contribution in [0.15, 0.2) is 18.2 Å². The van der Waals surface area contributed by atoms with Gasteiger partial charge in [0, 0.05) is 13.1 Å². The first kappa shape index (κ1) is 17.1. The van der Waals surface area contributed by atoms with E-state index in [2.05, 4.69) is 24.3 Å². The molecule has 0 N–H and O–H groups in total. The quantitative estimate of drug-likeness (QED) is 0.781. The number of hydrogen-bond acceptors (Lipinski definition) is 3. The van der Waals surface area contributed by atoms with Crippen LogP contribution in [-0.2, 0) is 4.74 Å². The van der Waals surface area contributed by atoms with Gasteiger partial charge in [-0.05, 0) is 63.3 Å². The lowest BCUT2D eigenvalue weighted by molar-refractivity contribution is 0.0270. The molecule has 0 saturated heterocycles. The molecule has 0 atom stereocenters. The number of rotatable bonds is 1. The van der Waals surface area contributed by atoms with Crippen LogP contribution in [0.25, 0.3) is 5.57 Å². The van der Waals surface area contributed by atoms with Crippen LogP contribution in [0.2, 0.25) is 0 Å². The van der Waals surface area contributed by atoms with Crippen molar-refractivity contribution in [2.75, 3.05) is 13.1 Å². The number of hydrogen-bond donors (Lipinski definition) is 0. The van der Waals surface area contributed by atoms with Crippen molar-refractivity contribution in [3.63, 3.8) is 0 Å². The van der Waals surface area contributed by atoms with Gasteiger partial charge in [-0.15, -0.1) is 0 Å². The molecule has 1 amide bonds. The Morgan fingerprint density at radius 1 is 1.26 bits per heavy atom. The molecule has 1 aliphatic heterocycles. The summed E-state index contributed by atoms with van der Waals surface area (Å²) in [5.41, 5.74) is 4.64. The van der Waals surface area contributed by atoms with Crippen molar-refractivity contribution >= 4 is 11.7 Å². The minimum absolute atomic E-state index is 0.264. The summed E-state index contributed by atoms with van der Waals surface area (Å²) >= 11 is 0. The van der Waals surface area contributed by atoms with Gasteiger partial charge in [0.2, 0.25) is 0 Å². The lowest BCUT2D eigenvalue weighted by Gasteiger charge is -2.29. The second-order valence-electron chi connectivity index (χ2n) is 7.00. The molecule has 1 aliphatic rings. The zero-order valence-electron chi connectivity index (χ0n) is 14.6. The summed E-state index contributed by atoms with van der Waals surface area (Å²) in [6, 6.07) is 6.36. The third-order valence-corrected chi connectivity index (χ3v) is 3.88. The number of nitrogens with zero attached hydrogens (tertiary/aromatic N) is 2. The fourth-order valence-corrected chi connectivity index (χ4v) is 2.75. The van der Waals surface area contributed by atoms with Gasteiger partial charge in [-0.25, -0.2) is 4.79 Å². The van der Waals surface area contributed by atoms with E-state index in [4.69, 9.17) is 10.00 Å². The number of benzene rings is 1. The van der Waals surface area contributed by atoms with Gasteiger partial charge in [-0.1, -0.05) is 18.2 Å². The zero-order valence-corrected chi connectivity index (χ0v) is 14.6. The highest BCUT2D eigenvalue weighted by Gasteiger charge is 2.24. The molecule has 0 bridgehead atoms. The summed E-state index contributed by atoms with van der Waals surface area (Å²) in [4.78, 5) is 13.8. The van der Waals surface area contributed by atoms with Gasteiger partial charge in [-0.3, -0.25) is 0 Å². The van der Waals surface area contributed by atoms with Gasteiger partial charge >= 0.3 is 6.09 Å². The standard InChI is InChI=1S/C19H24N2O2/c1-13-10-16(11-14(2)17(13)12-20)15-6-8-21(9-7-15)18(22)23-19(3,4)5/h6,10-11H,7-9H2,1-5H3. The number of amides is 1. The number of carbonyl (C=O) groups excluding carboxylic acids is 1. The summed E-state index contributed by atoms with van der Waals surface area (Å²) in [6.45, 7) is 10.8. The van der Waals surface area contributed by atoms with Gasteiger partial charge in [0.05, 0.1) is 11.6 Å².